The van der Waals surface area contributed by atoms with Crippen LogP contribution in [0.4, 0.5) is 5.69 Å². The topological polar surface area (TPSA) is 92.4 Å². The number of carboxylic acid groups (broad SMARTS) is 1. The molecule has 1 amide bonds. The Hall–Kier alpha value is -1.75. The minimum Gasteiger partial charge on any atom is -0.480 e. The van der Waals surface area contributed by atoms with E-state index in [9.17, 15) is 14.7 Å². The molecule has 2 rings (SSSR count). The highest BCUT2D eigenvalue weighted by Gasteiger charge is 2.41. The van der Waals surface area contributed by atoms with Crippen molar-refractivity contribution in [3.8, 4) is 0 Å². The number of nitrogens with one attached hydrogen (secondary N) is 1. The summed E-state index contributed by atoms with van der Waals surface area (Å²) in [6.45, 7) is 0. The van der Waals surface area contributed by atoms with Crippen LogP contribution in [0.5, 0.6) is 0 Å². The second-order valence-corrected chi connectivity index (χ2v) is 5.15. The van der Waals surface area contributed by atoms with Crippen molar-refractivity contribution in [3.63, 3.8) is 0 Å². The lowest BCUT2D eigenvalue weighted by molar-refractivity contribution is -0.142. The summed E-state index contributed by atoms with van der Waals surface area (Å²) in [7, 11) is 0. The van der Waals surface area contributed by atoms with E-state index in [1.54, 1.807) is 18.2 Å². The third-order valence-electron chi connectivity index (χ3n) is 3.50. The van der Waals surface area contributed by atoms with Gasteiger partial charge in [0.15, 0.2) is 0 Å². The van der Waals surface area contributed by atoms with Crippen LogP contribution in [0.2, 0.25) is 5.02 Å². The number of rotatable bonds is 4. The quantitative estimate of drug-likeness (QED) is 0.790. The zero-order valence-electron chi connectivity index (χ0n) is 10.3. The van der Waals surface area contributed by atoms with Crippen LogP contribution in [0.25, 0.3) is 0 Å². The van der Waals surface area contributed by atoms with E-state index >= 15 is 0 Å². The Bertz CT molecular complexity index is 525. The Balaban J connectivity index is 2.40. The van der Waals surface area contributed by atoms with Crippen molar-refractivity contribution in [2.75, 3.05) is 5.32 Å². The Kier molecular flexibility index (Phi) is 3.66. The molecule has 1 aromatic rings. The fourth-order valence-electron chi connectivity index (χ4n) is 2.51. The molecular weight excluding hydrogens is 268 g/mol. The largest absolute Gasteiger partial charge is 0.480 e. The predicted molar refractivity (Wildman–Crippen MR) is 72.4 cm³/mol. The first-order valence-corrected chi connectivity index (χ1v) is 6.44. The number of anilines is 1. The Labute approximate surface area is 115 Å². The molecule has 0 aliphatic heterocycles. The summed E-state index contributed by atoms with van der Waals surface area (Å²) in [5.74, 6) is -1.59. The fraction of sp³-hybridized carbons (Fsp3) is 0.385. The molecule has 1 fully saturated rings. The van der Waals surface area contributed by atoms with Crippen LogP contribution < -0.4 is 11.1 Å². The highest BCUT2D eigenvalue weighted by atomic mass is 35.5. The van der Waals surface area contributed by atoms with Gasteiger partial charge in [0.2, 0.25) is 0 Å². The van der Waals surface area contributed by atoms with Gasteiger partial charge in [0.05, 0.1) is 10.6 Å². The van der Waals surface area contributed by atoms with Gasteiger partial charge in [0.1, 0.15) is 5.54 Å². The van der Waals surface area contributed by atoms with E-state index in [-0.39, 0.29) is 10.6 Å². The van der Waals surface area contributed by atoms with E-state index in [2.05, 4.69) is 5.32 Å². The molecule has 1 aliphatic rings. The van der Waals surface area contributed by atoms with Crippen LogP contribution >= 0.6 is 11.6 Å². The van der Waals surface area contributed by atoms with Crippen molar-refractivity contribution in [1.82, 2.24) is 0 Å². The lowest BCUT2D eigenvalue weighted by atomic mass is 9.96. The SMILES string of the molecule is NC(=O)c1c(Cl)cccc1NC1(C(=O)O)CCCC1. The molecule has 0 unspecified atom stereocenters. The number of carboxylic acids is 1. The number of aliphatic carboxylic acids is 1. The minimum atomic E-state index is -1.03. The van der Waals surface area contributed by atoms with Gasteiger partial charge in [-0.15, -0.1) is 0 Å². The first-order chi connectivity index (χ1) is 8.96. The molecule has 0 spiro atoms. The second kappa shape index (κ2) is 5.09. The number of primary amides is 1. The first-order valence-electron chi connectivity index (χ1n) is 6.06. The molecule has 0 bridgehead atoms. The molecule has 1 aliphatic carbocycles. The van der Waals surface area contributed by atoms with E-state index in [0.717, 1.165) is 12.8 Å². The zero-order chi connectivity index (χ0) is 14.0. The van der Waals surface area contributed by atoms with Crippen molar-refractivity contribution >= 4 is 29.2 Å². The van der Waals surface area contributed by atoms with Crippen molar-refractivity contribution < 1.29 is 14.7 Å². The van der Waals surface area contributed by atoms with E-state index in [1.807, 2.05) is 0 Å². The summed E-state index contributed by atoms with van der Waals surface area (Å²) < 4.78 is 0. The molecule has 5 nitrogen and oxygen atoms in total. The number of hydrogen-bond donors (Lipinski definition) is 3. The Morgan fingerprint density at radius 1 is 1.32 bits per heavy atom. The molecule has 1 saturated carbocycles. The minimum absolute atomic E-state index is 0.136. The average molecular weight is 283 g/mol. The molecule has 102 valence electrons. The van der Waals surface area contributed by atoms with Gasteiger partial charge < -0.3 is 16.2 Å². The normalized spacial score (nSPS) is 17.1. The van der Waals surface area contributed by atoms with E-state index in [4.69, 9.17) is 17.3 Å². The Morgan fingerprint density at radius 2 is 1.95 bits per heavy atom. The van der Waals surface area contributed by atoms with E-state index < -0.39 is 17.4 Å². The summed E-state index contributed by atoms with van der Waals surface area (Å²) in [4.78, 5) is 22.9. The molecular formula is C13H15ClN2O3. The maximum absolute atomic E-state index is 11.5. The Morgan fingerprint density at radius 3 is 2.47 bits per heavy atom. The van der Waals surface area contributed by atoms with Gasteiger partial charge >= 0.3 is 5.97 Å². The highest BCUT2D eigenvalue weighted by Crippen LogP contribution is 2.35. The molecule has 4 N–H and O–H groups in total. The molecule has 0 heterocycles. The van der Waals surface area contributed by atoms with Gasteiger partial charge in [-0.1, -0.05) is 30.5 Å². The van der Waals surface area contributed by atoms with Crippen LogP contribution in [-0.4, -0.2) is 22.5 Å². The number of hydrogen-bond acceptors (Lipinski definition) is 3. The number of carbonyl (C=O) groups excluding carboxylic acids is 1. The molecule has 0 radical (unpaired) electrons. The van der Waals surface area contributed by atoms with Crippen LogP contribution in [0, 0.1) is 0 Å². The number of nitrogens with two attached hydrogens (primary N) is 1. The molecule has 6 heteroatoms. The number of carbonyl (C=O) groups is 2. The lowest BCUT2D eigenvalue weighted by Gasteiger charge is -2.27. The van der Waals surface area contributed by atoms with Crippen molar-refractivity contribution in [2.45, 2.75) is 31.2 Å². The van der Waals surface area contributed by atoms with Crippen LogP contribution in [0.15, 0.2) is 18.2 Å². The number of benzene rings is 1. The molecule has 19 heavy (non-hydrogen) atoms. The lowest BCUT2D eigenvalue weighted by Crippen LogP contribution is -2.44. The molecule has 0 aromatic heterocycles. The van der Waals surface area contributed by atoms with Gasteiger partial charge in [-0.3, -0.25) is 4.79 Å². The molecule has 0 saturated heterocycles. The van der Waals surface area contributed by atoms with Gasteiger partial charge in [-0.2, -0.15) is 0 Å². The van der Waals surface area contributed by atoms with Crippen molar-refractivity contribution in [2.24, 2.45) is 5.73 Å². The number of halogens is 1. The molecule has 1 aromatic carbocycles. The van der Waals surface area contributed by atoms with Crippen LogP contribution in [0.1, 0.15) is 36.0 Å². The average Bonchev–Trinajstić information content (AvgIpc) is 2.78. The first kappa shape index (κ1) is 13.7. The number of amides is 1. The zero-order valence-corrected chi connectivity index (χ0v) is 11.0. The van der Waals surface area contributed by atoms with Crippen molar-refractivity contribution in [1.29, 1.82) is 0 Å². The third kappa shape index (κ3) is 2.51. The van der Waals surface area contributed by atoms with Crippen LogP contribution in [-0.2, 0) is 4.79 Å². The summed E-state index contributed by atoms with van der Waals surface area (Å²) >= 11 is 5.95. The molecule has 0 atom stereocenters. The third-order valence-corrected chi connectivity index (χ3v) is 3.82. The maximum Gasteiger partial charge on any atom is 0.329 e. The predicted octanol–water partition coefficient (Wildman–Crippen LogP) is 2.25. The second-order valence-electron chi connectivity index (χ2n) is 4.75. The monoisotopic (exact) mass is 282 g/mol. The van der Waals surface area contributed by atoms with Crippen LogP contribution in [0.3, 0.4) is 0 Å². The summed E-state index contributed by atoms with van der Waals surface area (Å²) in [5, 5.41) is 12.6. The van der Waals surface area contributed by atoms with Crippen molar-refractivity contribution in [3.05, 3.63) is 28.8 Å². The van der Waals surface area contributed by atoms with Gasteiger partial charge in [-0.05, 0) is 25.0 Å². The van der Waals surface area contributed by atoms with Gasteiger partial charge in [-0.25, -0.2) is 4.79 Å². The maximum atomic E-state index is 11.5. The smallest absolute Gasteiger partial charge is 0.329 e. The van der Waals surface area contributed by atoms with E-state index in [1.165, 1.54) is 0 Å². The summed E-state index contributed by atoms with van der Waals surface area (Å²) in [6, 6.07) is 4.82. The standard InChI is InChI=1S/C13H15ClN2O3/c14-8-4-3-5-9(10(8)11(15)17)16-13(12(18)19)6-1-2-7-13/h3-5,16H,1-2,6-7H2,(H2,15,17)(H,18,19). The summed E-state index contributed by atoms with van der Waals surface area (Å²) in [6.07, 6.45) is 2.72. The highest BCUT2D eigenvalue weighted by molar-refractivity contribution is 6.34. The van der Waals surface area contributed by atoms with E-state index in [0.29, 0.717) is 18.5 Å². The van der Waals surface area contributed by atoms with Gasteiger partial charge in [0.25, 0.3) is 5.91 Å². The van der Waals surface area contributed by atoms with Gasteiger partial charge in [0, 0.05) is 5.69 Å². The summed E-state index contributed by atoms with van der Waals surface area (Å²) in [5.41, 5.74) is 4.78. The fourth-order valence-corrected chi connectivity index (χ4v) is 2.78.